The number of nitrogens with zero attached hydrogens (tertiary/aromatic N) is 6. The molecule has 1 fully saturated rings. The quantitative estimate of drug-likeness (QED) is 0.569. The van der Waals surface area contributed by atoms with Crippen molar-refractivity contribution in [2.24, 2.45) is 5.92 Å². The Hall–Kier alpha value is -3.00. The molecule has 3 aromatic rings. The summed E-state index contributed by atoms with van der Waals surface area (Å²) in [6, 6.07) is 10.1. The Balaban J connectivity index is 1.55. The van der Waals surface area contributed by atoms with Gasteiger partial charge in [0.25, 0.3) is 0 Å². The van der Waals surface area contributed by atoms with Crippen LogP contribution in [0.25, 0.3) is 16.6 Å². The standard InChI is InChI=1S/C25H35N7O/c1-5-30(6-2)16-14-26-25(33)20-11-10-15-31(17-20)24-23-22(18(3)27-28-24)19(4)32(29-23)21-12-8-7-9-13-21/h7-9,12-13,20H,5-6,10-11,14-17H2,1-4H3,(H,26,33)/t20-/m0/s1. The van der Waals surface area contributed by atoms with E-state index in [1.54, 1.807) is 0 Å². The Morgan fingerprint density at radius 3 is 2.64 bits per heavy atom. The Morgan fingerprint density at radius 2 is 1.91 bits per heavy atom. The van der Waals surface area contributed by atoms with Crippen molar-refractivity contribution in [2.45, 2.75) is 40.5 Å². The number of fused-ring (bicyclic) bond motifs is 1. The summed E-state index contributed by atoms with van der Waals surface area (Å²) >= 11 is 0. The molecule has 4 rings (SSSR count). The van der Waals surface area contributed by atoms with Gasteiger partial charge in [0.2, 0.25) is 5.91 Å². The third-order valence-corrected chi connectivity index (χ3v) is 6.70. The third-order valence-electron chi connectivity index (χ3n) is 6.70. The summed E-state index contributed by atoms with van der Waals surface area (Å²) in [5.74, 6) is 0.856. The average Bonchev–Trinajstić information content (AvgIpc) is 3.20. The number of nitrogens with one attached hydrogen (secondary N) is 1. The highest BCUT2D eigenvalue weighted by Crippen LogP contribution is 2.31. The topological polar surface area (TPSA) is 79.2 Å². The fourth-order valence-electron chi connectivity index (χ4n) is 4.75. The second-order valence-electron chi connectivity index (χ2n) is 8.77. The number of aromatic nitrogens is 4. The highest BCUT2D eigenvalue weighted by Gasteiger charge is 2.29. The molecule has 1 amide bonds. The average molecular weight is 450 g/mol. The first-order chi connectivity index (χ1) is 16.0. The van der Waals surface area contributed by atoms with E-state index in [4.69, 9.17) is 5.10 Å². The fourth-order valence-corrected chi connectivity index (χ4v) is 4.75. The van der Waals surface area contributed by atoms with Crippen LogP contribution in [0.1, 0.15) is 38.1 Å². The summed E-state index contributed by atoms with van der Waals surface area (Å²) in [5, 5.41) is 18.1. The molecular formula is C25H35N7O. The molecule has 33 heavy (non-hydrogen) atoms. The van der Waals surface area contributed by atoms with Crippen LogP contribution >= 0.6 is 0 Å². The van der Waals surface area contributed by atoms with Crippen molar-refractivity contribution in [3.63, 3.8) is 0 Å². The molecule has 0 radical (unpaired) electrons. The van der Waals surface area contributed by atoms with Crippen LogP contribution in [0.15, 0.2) is 30.3 Å². The van der Waals surface area contributed by atoms with Gasteiger partial charge in [-0.3, -0.25) is 4.79 Å². The SMILES string of the molecule is CCN(CC)CCNC(=O)[C@H]1CCCN(c2nnc(C)c3c(C)n(-c4ccccc4)nc23)C1. The number of benzene rings is 1. The first-order valence-corrected chi connectivity index (χ1v) is 12.1. The lowest BCUT2D eigenvalue weighted by atomic mass is 9.97. The van der Waals surface area contributed by atoms with E-state index in [0.29, 0.717) is 13.1 Å². The van der Waals surface area contributed by atoms with Crippen molar-refractivity contribution in [2.75, 3.05) is 44.2 Å². The molecule has 1 saturated heterocycles. The van der Waals surface area contributed by atoms with E-state index >= 15 is 0 Å². The maximum atomic E-state index is 12.9. The van der Waals surface area contributed by atoms with Gasteiger partial charge in [0.05, 0.1) is 28.4 Å². The summed E-state index contributed by atoms with van der Waals surface area (Å²) < 4.78 is 1.96. The molecule has 1 aromatic carbocycles. The van der Waals surface area contributed by atoms with Gasteiger partial charge in [0, 0.05) is 26.2 Å². The molecule has 2 aromatic heterocycles. The zero-order valence-corrected chi connectivity index (χ0v) is 20.2. The maximum absolute atomic E-state index is 12.9. The number of carbonyl (C=O) groups is 1. The van der Waals surface area contributed by atoms with Gasteiger partial charge in [0.15, 0.2) is 5.82 Å². The maximum Gasteiger partial charge on any atom is 0.224 e. The molecular weight excluding hydrogens is 414 g/mol. The van der Waals surface area contributed by atoms with Gasteiger partial charge in [-0.15, -0.1) is 5.10 Å². The monoisotopic (exact) mass is 449 g/mol. The summed E-state index contributed by atoms with van der Waals surface area (Å²) in [4.78, 5) is 17.4. The van der Waals surface area contributed by atoms with Crippen LogP contribution in [0.4, 0.5) is 5.82 Å². The number of likely N-dealkylation sites (N-methyl/N-ethyl adjacent to an activating group) is 1. The third kappa shape index (κ3) is 4.85. The van der Waals surface area contributed by atoms with Gasteiger partial charge in [-0.25, -0.2) is 4.68 Å². The Morgan fingerprint density at radius 1 is 1.15 bits per heavy atom. The number of anilines is 1. The smallest absolute Gasteiger partial charge is 0.224 e. The Bertz CT molecular complexity index is 1090. The molecule has 0 spiro atoms. The van der Waals surface area contributed by atoms with Crippen molar-refractivity contribution in [3.05, 3.63) is 41.7 Å². The molecule has 8 heteroatoms. The second kappa shape index (κ2) is 10.3. The lowest BCUT2D eigenvalue weighted by Crippen LogP contribution is -2.45. The molecule has 1 aliphatic rings. The first-order valence-electron chi connectivity index (χ1n) is 12.1. The molecule has 0 unspecified atom stereocenters. The van der Waals surface area contributed by atoms with Crippen LogP contribution in [0.5, 0.6) is 0 Å². The molecule has 1 N–H and O–H groups in total. The first kappa shape index (κ1) is 23.2. The molecule has 1 atom stereocenters. The van der Waals surface area contributed by atoms with Gasteiger partial charge in [-0.1, -0.05) is 32.0 Å². The van der Waals surface area contributed by atoms with Gasteiger partial charge in [-0.2, -0.15) is 10.2 Å². The van der Waals surface area contributed by atoms with E-state index in [2.05, 4.69) is 46.1 Å². The van der Waals surface area contributed by atoms with Crippen LogP contribution < -0.4 is 10.2 Å². The second-order valence-corrected chi connectivity index (χ2v) is 8.77. The normalized spacial score (nSPS) is 16.5. The zero-order valence-electron chi connectivity index (χ0n) is 20.2. The van der Waals surface area contributed by atoms with E-state index in [1.165, 1.54) is 0 Å². The fraction of sp³-hybridized carbons (Fsp3) is 0.520. The van der Waals surface area contributed by atoms with Gasteiger partial charge in [0.1, 0.15) is 5.52 Å². The molecule has 8 nitrogen and oxygen atoms in total. The van der Waals surface area contributed by atoms with E-state index in [0.717, 1.165) is 72.8 Å². The van der Waals surface area contributed by atoms with Crippen molar-refractivity contribution in [1.82, 2.24) is 30.2 Å². The molecule has 0 bridgehead atoms. The number of para-hydroxylation sites is 1. The lowest BCUT2D eigenvalue weighted by molar-refractivity contribution is -0.125. The van der Waals surface area contributed by atoms with Crippen LogP contribution in [-0.4, -0.2) is 70.1 Å². The number of hydrogen-bond acceptors (Lipinski definition) is 6. The number of piperidine rings is 1. The minimum atomic E-state index is -0.0501. The van der Waals surface area contributed by atoms with Crippen LogP contribution in [0, 0.1) is 19.8 Å². The minimum absolute atomic E-state index is 0.0501. The number of hydrogen-bond donors (Lipinski definition) is 1. The van der Waals surface area contributed by atoms with Crippen molar-refractivity contribution in [3.8, 4) is 5.69 Å². The summed E-state index contributed by atoms with van der Waals surface area (Å²) in [5.41, 5.74) is 3.79. The lowest BCUT2D eigenvalue weighted by Gasteiger charge is -2.32. The van der Waals surface area contributed by atoms with Crippen LogP contribution in [0.3, 0.4) is 0 Å². The predicted molar refractivity (Wildman–Crippen MR) is 132 cm³/mol. The molecule has 0 aliphatic carbocycles. The summed E-state index contributed by atoms with van der Waals surface area (Å²) in [7, 11) is 0. The largest absolute Gasteiger partial charge is 0.355 e. The van der Waals surface area contributed by atoms with Gasteiger partial charge >= 0.3 is 0 Å². The molecule has 176 valence electrons. The van der Waals surface area contributed by atoms with Crippen molar-refractivity contribution in [1.29, 1.82) is 0 Å². The van der Waals surface area contributed by atoms with E-state index < -0.39 is 0 Å². The van der Waals surface area contributed by atoms with E-state index in [9.17, 15) is 4.79 Å². The molecule has 3 heterocycles. The number of carbonyl (C=O) groups excluding carboxylic acids is 1. The van der Waals surface area contributed by atoms with Gasteiger partial charge in [-0.05, 0) is 51.9 Å². The predicted octanol–water partition coefficient (Wildman–Crippen LogP) is 3.11. The Labute approximate surface area is 196 Å². The minimum Gasteiger partial charge on any atom is -0.355 e. The highest BCUT2D eigenvalue weighted by atomic mass is 16.1. The summed E-state index contributed by atoms with van der Waals surface area (Å²) in [6.07, 6.45) is 1.84. The van der Waals surface area contributed by atoms with Crippen molar-refractivity contribution < 1.29 is 4.79 Å². The Kier molecular flexibility index (Phi) is 7.23. The van der Waals surface area contributed by atoms with Crippen LogP contribution in [-0.2, 0) is 4.79 Å². The van der Waals surface area contributed by atoms with Crippen molar-refractivity contribution >= 4 is 22.6 Å². The molecule has 1 aliphatic heterocycles. The number of rotatable bonds is 8. The number of amides is 1. The van der Waals surface area contributed by atoms with E-state index in [1.807, 2.05) is 41.9 Å². The van der Waals surface area contributed by atoms with Gasteiger partial charge < -0.3 is 15.1 Å². The molecule has 0 saturated carbocycles. The zero-order chi connectivity index (χ0) is 23.4. The highest BCUT2D eigenvalue weighted by molar-refractivity contribution is 5.92. The number of aryl methyl sites for hydroxylation is 2. The van der Waals surface area contributed by atoms with Crippen LogP contribution in [0.2, 0.25) is 0 Å². The summed E-state index contributed by atoms with van der Waals surface area (Å²) in [6.45, 7) is 13.4. The van der Waals surface area contributed by atoms with E-state index in [-0.39, 0.29) is 11.8 Å².